The van der Waals surface area contributed by atoms with Crippen molar-refractivity contribution in [3.63, 3.8) is 0 Å². The molecule has 6 heterocycles. The number of anilines is 2. The number of fused-ring (bicyclic) bond motifs is 1. The fraction of sp³-hybridized carbons (Fsp3) is 0.206. The number of hydrogen-bond acceptors (Lipinski definition) is 10. The molecule has 3 N–H and O–H groups in total. The van der Waals surface area contributed by atoms with Crippen molar-refractivity contribution in [3.8, 4) is 34.4 Å². The Kier molecular flexibility index (Phi) is 7.55. The minimum absolute atomic E-state index is 0.181. The van der Waals surface area contributed by atoms with E-state index in [4.69, 9.17) is 21.0 Å². The Balaban J connectivity index is 1.13. The maximum Gasteiger partial charge on any atom is 0.234 e. The van der Waals surface area contributed by atoms with Crippen molar-refractivity contribution >= 4 is 22.8 Å². The van der Waals surface area contributed by atoms with E-state index in [-0.39, 0.29) is 5.82 Å². The molecule has 0 unspecified atom stereocenters. The standard InChI is InChI=1S/C34H31N11/c1-22-4-7-24(20-39-22)28-10-11-29-34(41-28)45(33(42-29)27-3-2-15-38-32(27)36)26-8-5-23(6-9-26)21-44-17-13-25(14-18-44)40-30-12-16-37-31(19-35)43-30/h2-12,15-16,20,25H,13-14,17-18,21H2,1H3,(H2,36,38)(H,37,40,43). The summed E-state index contributed by atoms with van der Waals surface area (Å²) in [5.74, 6) is 1.99. The number of hydrogen-bond donors (Lipinski definition) is 2. The molecule has 11 heteroatoms. The van der Waals surface area contributed by atoms with Gasteiger partial charge in [-0.15, -0.1) is 0 Å². The largest absolute Gasteiger partial charge is 0.383 e. The second-order valence-corrected chi connectivity index (χ2v) is 11.2. The second-order valence-electron chi connectivity index (χ2n) is 11.2. The van der Waals surface area contributed by atoms with E-state index in [1.807, 2.05) is 61.7 Å². The lowest BCUT2D eigenvalue weighted by Gasteiger charge is -2.32. The summed E-state index contributed by atoms with van der Waals surface area (Å²) in [6.45, 7) is 4.76. The smallest absolute Gasteiger partial charge is 0.234 e. The van der Waals surface area contributed by atoms with E-state index in [9.17, 15) is 0 Å². The quantitative estimate of drug-likeness (QED) is 0.254. The summed E-state index contributed by atoms with van der Waals surface area (Å²) in [5.41, 5.74) is 13.5. The Bertz CT molecular complexity index is 2000. The third-order valence-corrected chi connectivity index (χ3v) is 8.09. The first kappa shape index (κ1) is 28.1. The van der Waals surface area contributed by atoms with Crippen molar-refractivity contribution in [1.29, 1.82) is 5.26 Å². The number of imidazole rings is 1. The number of piperidine rings is 1. The van der Waals surface area contributed by atoms with Gasteiger partial charge in [0.05, 0.1) is 11.3 Å². The topological polar surface area (TPSA) is 147 Å². The Labute approximate surface area is 260 Å². The monoisotopic (exact) mass is 593 g/mol. The average molecular weight is 594 g/mol. The van der Waals surface area contributed by atoms with Gasteiger partial charge >= 0.3 is 0 Å². The number of benzene rings is 1. The highest BCUT2D eigenvalue weighted by molar-refractivity contribution is 5.84. The summed E-state index contributed by atoms with van der Waals surface area (Å²) in [5, 5.41) is 12.5. The number of likely N-dealkylation sites (tertiary alicyclic amines) is 1. The summed E-state index contributed by atoms with van der Waals surface area (Å²) < 4.78 is 2.06. The van der Waals surface area contributed by atoms with Crippen LogP contribution in [0.2, 0.25) is 0 Å². The molecular formula is C34H31N11. The number of nitrogens with zero attached hydrogens (tertiary/aromatic N) is 9. The molecule has 1 aliphatic heterocycles. The van der Waals surface area contributed by atoms with Gasteiger partial charge in [0.2, 0.25) is 5.82 Å². The van der Waals surface area contributed by atoms with Crippen molar-refractivity contribution in [2.24, 2.45) is 0 Å². The molecule has 0 radical (unpaired) electrons. The van der Waals surface area contributed by atoms with E-state index in [0.717, 1.165) is 71.8 Å². The van der Waals surface area contributed by atoms with Gasteiger partial charge in [0.25, 0.3) is 0 Å². The van der Waals surface area contributed by atoms with Crippen LogP contribution < -0.4 is 11.1 Å². The van der Waals surface area contributed by atoms with E-state index in [1.54, 1.807) is 12.4 Å². The number of rotatable bonds is 7. The van der Waals surface area contributed by atoms with Gasteiger partial charge < -0.3 is 11.1 Å². The summed E-state index contributed by atoms with van der Waals surface area (Å²) >= 11 is 0. The maximum atomic E-state index is 9.07. The molecule has 0 atom stereocenters. The molecule has 1 aliphatic rings. The van der Waals surface area contributed by atoms with Gasteiger partial charge in [0.15, 0.2) is 11.5 Å². The van der Waals surface area contributed by atoms with Crippen LogP contribution in [0.15, 0.2) is 85.3 Å². The van der Waals surface area contributed by atoms with Crippen LogP contribution in [-0.4, -0.2) is 58.5 Å². The van der Waals surface area contributed by atoms with Gasteiger partial charge in [-0.05, 0) is 79.9 Å². The molecule has 0 spiro atoms. The van der Waals surface area contributed by atoms with E-state index < -0.39 is 0 Å². The first-order valence-corrected chi connectivity index (χ1v) is 14.9. The average Bonchev–Trinajstić information content (AvgIpc) is 3.45. The Morgan fingerprint density at radius 2 is 1.76 bits per heavy atom. The van der Waals surface area contributed by atoms with Crippen LogP contribution in [0.4, 0.5) is 11.6 Å². The number of aromatic nitrogens is 7. The van der Waals surface area contributed by atoms with Crippen LogP contribution in [-0.2, 0) is 6.54 Å². The Morgan fingerprint density at radius 1 is 0.911 bits per heavy atom. The molecule has 11 nitrogen and oxygen atoms in total. The Hall–Kier alpha value is -5.73. The van der Waals surface area contributed by atoms with Crippen molar-refractivity contribution in [2.45, 2.75) is 32.4 Å². The van der Waals surface area contributed by atoms with Gasteiger partial charge in [0.1, 0.15) is 23.2 Å². The molecule has 0 saturated carbocycles. The number of nitrogens with one attached hydrogen (secondary N) is 1. The molecule has 7 rings (SSSR count). The number of aryl methyl sites for hydroxylation is 1. The fourth-order valence-corrected chi connectivity index (χ4v) is 5.72. The zero-order chi connectivity index (χ0) is 30.8. The molecule has 5 aromatic heterocycles. The van der Waals surface area contributed by atoms with Crippen molar-refractivity contribution in [2.75, 3.05) is 24.1 Å². The van der Waals surface area contributed by atoms with Crippen LogP contribution in [0, 0.1) is 18.3 Å². The van der Waals surface area contributed by atoms with E-state index >= 15 is 0 Å². The molecule has 1 aromatic carbocycles. The van der Waals surface area contributed by atoms with Gasteiger partial charge in [-0.25, -0.2) is 24.9 Å². The minimum atomic E-state index is 0.181. The van der Waals surface area contributed by atoms with Crippen LogP contribution >= 0.6 is 0 Å². The molecule has 6 aromatic rings. The molecule has 45 heavy (non-hydrogen) atoms. The van der Waals surface area contributed by atoms with Crippen LogP contribution in [0.3, 0.4) is 0 Å². The van der Waals surface area contributed by atoms with Gasteiger partial charge in [-0.2, -0.15) is 5.26 Å². The highest BCUT2D eigenvalue weighted by atomic mass is 15.2. The summed E-state index contributed by atoms with van der Waals surface area (Å²) in [4.78, 5) is 29.5. The van der Waals surface area contributed by atoms with Crippen LogP contribution in [0.1, 0.15) is 29.9 Å². The molecular weight excluding hydrogens is 562 g/mol. The SMILES string of the molecule is Cc1ccc(-c2ccc3nc(-c4cccnc4N)n(-c4ccc(CN5CCC(Nc6ccnc(C#N)n6)CC5)cc4)c3n2)cn1. The number of pyridine rings is 3. The summed E-state index contributed by atoms with van der Waals surface area (Å²) in [6.07, 6.45) is 7.13. The van der Waals surface area contributed by atoms with Gasteiger partial charge in [-0.3, -0.25) is 14.5 Å². The molecule has 0 aliphatic carbocycles. The lowest BCUT2D eigenvalue weighted by atomic mass is 10.0. The third kappa shape index (κ3) is 5.91. The Morgan fingerprint density at radius 3 is 2.51 bits per heavy atom. The normalized spacial score (nSPS) is 14.0. The van der Waals surface area contributed by atoms with Crippen molar-refractivity contribution < 1.29 is 0 Å². The summed E-state index contributed by atoms with van der Waals surface area (Å²) in [6, 6.07) is 24.5. The zero-order valence-electron chi connectivity index (χ0n) is 24.8. The van der Waals surface area contributed by atoms with Gasteiger partial charge in [0, 0.05) is 61.2 Å². The highest BCUT2D eigenvalue weighted by Crippen LogP contribution is 2.32. The molecule has 1 saturated heterocycles. The van der Waals surface area contributed by atoms with E-state index in [0.29, 0.717) is 23.5 Å². The zero-order valence-corrected chi connectivity index (χ0v) is 24.8. The second kappa shape index (κ2) is 12.1. The minimum Gasteiger partial charge on any atom is -0.383 e. The predicted molar refractivity (Wildman–Crippen MR) is 173 cm³/mol. The van der Waals surface area contributed by atoms with Crippen LogP contribution in [0.5, 0.6) is 0 Å². The van der Waals surface area contributed by atoms with Crippen molar-refractivity contribution in [3.05, 3.63) is 102 Å². The predicted octanol–water partition coefficient (Wildman–Crippen LogP) is 5.17. The third-order valence-electron chi connectivity index (χ3n) is 8.09. The maximum absolute atomic E-state index is 9.07. The first-order valence-electron chi connectivity index (χ1n) is 14.9. The number of nitriles is 1. The highest BCUT2D eigenvalue weighted by Gasteiger charge is 2.21. The van der Waals surface area contributed by atoms with Crippen molar-refractivity contribution in [1.82, 2.24) is 39.4 Å². The lowest BCUT2D eigenvalue weighted by molar-refractivity contribution is 0.211. The van der Waals surface area contributed by atoms with E-state index in [1.165, 1.54) is 5.56 Å². The lowest BCUT2D eigenvalue weighted by Crippen LogP contribution is -2.38. The van der Waals surface area contributed by atoms with E-state index in [2.05, 4.69) is 59.0 Å². The summed E-state index contributed by atoms with van der Waals surface area (Å²) in [7, 11) is 0. The molecule has 222 valence electrons. The van der Waals surface area contributed by atoms with Gasteiger partial charge in [-0.1, -0.05) is 12.1 Å². The molecule has 1 fully saturated rings. The number of nitrogens with two attached hydrogens (primary N) is 1. The molecule has 0 amide bonds. The first-order chi connectivity index (χ1) is 22.0. The van der Waals surface area contributed by atoms with Crippen LogP contribution in [0.25, 0.3) is 39.5 Å². The fourth-order valence-electron chi connectivity index (χ4n) is 5.72. The number of nitrogen functional groups attached to an aromatic ring is 1. The molecule has 0 bridgehead atoms.